The van der Waals surface area contributed by atoms with Gasteiger partial charge >= 0.3 is 0 Å². The van der Waals surface area contributed by atoms with E-state index in [9.17, 15) is 4.79 Å². The Labute approximate surface area is 101 Å². The van der Waals surface area contributed by atoms with Crippen molar-refractivity contribution in [2.45, 2.75) is 13.0 Å². The van der Waals surface area contributed by atoms with E-state index in [4.69, 9.17) is 10.5 Å². The smallest absolute Gasteiger partial charge is 0.254 e. The molecule has 1 amide bonds. The zero-order chi connectivity index (χ0) is 12.3. The molecule has 5 nitrogen and oxygen atoms in total. The van der Waals surface area contributed by atoms with Gasteiger partial charge in [0.25, 0.3) is 5.91 Å². The molecule has 2 rings (SSSR count). The third-order valence-corrected chi connectivity index (χ3v) is 2.90. The number of aromatic nitrogens is 1. The van der Waals surface area contributed by atoms with Gasteiger partial charge in [-0.15, -0.1) is 0 Å². The first-order valence-corrected chi connectivity index (χ1v) is 5.74. The minimum absolute atomic E-state index is 0.00856. The van der Waals surface area contributed by atoms with E-state index in [0.29, 0.717) is 31.9 Å². The fourth-order valence-electron chi connectivity index (χ4n) is 1.96. The molecule has 1 fully saturated rings. The van der Waals surface area contributed by atoms with Crippen LogP contribution in [0.4, 0.5) is 0 Å². The first-order chi connectivity index (χ1) is 8.22. The average Bonchev–Trinajstić information content (AvgIpc) is 2.38. The second kappa shape index (κ2) is 5.25. The van der Waals surface area contributed by atoms with Crippen LogP contribution in [-0.2, 0) is 4.74 Å². The van der Waals surface area contributed by atoms with E-state index in [1.807, 2.05) is 6.92 Å². The minimum Gasteiger partial charge on any atom is -0.377 e. The van der Waals surface area contributed by atoms with Crippen molar-refractivity contribution in [1.82, 2.24) is 9.88 Å². The molecule has 1 unspecified atom stereocenters. The fourth-order valence-corrected chi connectivity index (χ4v) is 1.96. The molecule has 1 saturated heterocycles. The fraction of sp³-hybridized carbons (Fsp3) is 0.500. The Morgan fingerprint density at radius 2 is 2.53 bits per heavy atom. The van der Waals surface area contributed by atoms with E-state index >= 15 is 0 Å². The van der Waals surface area contributed by atoms with Crippen LogP contribution < -0.4 is 5.73 Å². The molecule has 17 heavy (non-hydrogen) atoms. The van der Waals surface area contributed by atoms with Crippen LogP contribution in [0.5, 0.6) is 0 Å². The maximum Gasteiger partial charge on any atom is 0.254 e. The quantitative estimate of drug-likeness (QED) is 0.794. The van der Waals surface area contributed by atoms with Gasteiger partial charge in [0.05, 0.1) is 19.3 Å². The number of carbonyl (C=O) groups excluding carboxylic acids is 1. The maximum atomic E-state index is 12.3. The van der Waals surface area contributed by atoms with E-state index in [2.05, 4.69) is 4.98 Å². The number of hydrogen-bond donors (Lipinski definition) is 1. The molecule has 92 valence electrons. The number of pyridine rings is 1. The number of ether oxygens (including phenoxy) is 1. The van der Waals surface area contributed by atoms with Gasteiger partial charge in [-0.25, -0.2) is 0 Å². The zero-order valence-electron chi connectivity index (χ0n) is 9.93. The summed E-state index contributed by atoms with van der Waals surface area (Å²) >= 11 is 0. The van der Waals surface area contributed by atoms with Crippen molar-refractivity contribution in [1.29, 1.82) is 0 Å². The van der Waals surface area contributed by atoms with E-state index in [0.717, 1.165) is 5.69 Å². The number of hydrogen-bond acceptors (Lipinski definition) is 4. The van der Waals surface area contributed by atoms with Crippen molar-refractivity contribution in [3.05, 3.63) is 29.6 Å². The van der Waals surface area contributed by atoms with Crippen molar-refractivity contribution < 1.29 is 9.53 Å². The lowest BCUT2D eigenvalue weighted by Gasteiger charge is -2.34. The van der Waals surface area contributed by atoms with Crippen LogP contribution in [0, 0.1) is 6.92 Å². The van der Waals surface area contributed by atoms with Gasteiger partial charge in [-0.2, -0.15) is 0 Å². The lowest BCUT2D eigenvalue weighted by atomic mass is 10.1. The number of nitrogens with two attached hydrogens (primary N) is 1. The summed E-state index contributed by atoms with van der Waals surface area (Å²) in [7, 11) is 0. The summed E-state index contributed by atoms with van der Waals surface area (Å²) in [5.74, 6) is 0.00856. The Balaban J connectivity index is 2.18. The van der Waals surface area contributed by atoms with Crippen molar-refractivity contribution in [3.63, 3.8) is 0 Å². The van der Waals surface area contributed by atoms with Gasteiger partial charge < -0.3 is 15.4 Å². The largest absolute Gasteiger partial charge is 0.377 e. The Morgan fingerprint density at radius 3 is 3.24 bits per heavy atom. The van der Waals surface area contributed by atoms with Crippen molar-refractivity contribution in [2.75, 3.05) is 26.3 Å². The van der Waals surface area contributed by atoms with Crippen LogP contribution >= 0.6 is 0 Å². The molecule has 1 aliphatic heterocycles. The van der Waals surface area contributed by atoms with Gasteiger partial charge in [-0.05, 0) is 19.1 Å². The van der Waals surface area contributed by atoms with E-state index in [-0.39, 0.29) is 11.9 Å². The topological polar surface area (TPSA) is 68.5 Å². The molecule has 0 aliphatic carbocycles. The average molecular weight is 235 g/mol. The molecule has 2 heterocycles. The van der Waals surface area contributed by atoms with Crippen LogP contribution in [0.1, 0.15) is 16.1 Å². The lowest BCUT2D eigenvalue weighted by molar-refractivity contribution is 0.000829. The number of morpholine rings is 1. The Hall–Kier alpha value is -1.46. The number of rotatable bonds is 2. The Kier molecular flexibility index (Phi) is 3.71. The van der Waals surface area contributed by atoms with Gasteiger partial charge in [-0.3, -0.25) is 9.78 Å². The highest BCUT2D eigenvalue weighted by Crippen LogP contribution is 2.12. The van der Waals surface area contributed by atoms with Gasteiger partial charge in [0.15, 0.2) is 0 Å². The highest BCUT2D eigenvalue weighted by molar-refractivity contribution is 5.94. The van der Waals surface area contributed by atoms with Crippen molar-refractivity contribution in [3.8, 4) is 0 Å². The molecule has 2 N–H and O–H groups in total. The lowest BCUT2D eigenvalue weighted by Crippen LogP contribution is -2.52. The molecule has 0 spiro atoms. The summed E-state index contributed by atoms with van der Waals surface area (Å²) in [6.07, 6.45) is 1.65. The van der Waals surface area contributed by atoms with Crippen LogP contribution in [0.3, 0.4) is 0 Å². The van der Waals surface area contributed by atoms with Gasteiger partial charge in [0.1, 0.15) is 0 Å². The molecule has 1 aromatic rings. The van der Waals surface area contributed by atoms with Gasteiger partial charge in [-0.1, -0.05) is 0 Å². The summed E-state index contributed by atoms with van der Waals surface area (Å²) in [5.41, 5.74) is 7.16. The molecular formula is C12H17N3O2. The first kappa shape index (κ1) is 12.0. The summed E-state index contributed by atoms with van der Waals surface area (Å²) in [4.78, 5) is 18.2. The molecule has 1 aliphatic rings. The van der Waals surface area contributed by atoms with Crippen molar-refractivity contribution in [2.24, 2.45) is 5.73 Å². The standard InChI is InChI=1S/C12H17N3O2/c1-9-6-10(2-3-14-9)12(16)15-4-5-17-8-11(15)7-13/h2-3,6,11H,4-5,7-8,13H2,1H3. The second-order valence-electron chi connectivity index (χ2n) is 4.15. The van der Waals surface area contributed by atoms with E-state index in [1.54, 1.807) is 23.2 Å². The summed E-state index contributed by atoms with van der Waals surface area (Å²) in [6, 6.07) is 3.51. The van der Waals surface area contributed by atoms with E-state index in [1.165, 1.54) is 0 Å². The minimum atomic E-state index is -0.0234. The highest BCUT2D eigenvalue weighted by atomic mass is 16.5. The molecule has 1 aromatic heterocycles. The Morgan fingerprint density at radius 1 is 1.71 bits per heavy atom. The SMILES string of the molecule is Cc1cc(C(=O)N2CCOCC2CN)ccn1. The highest BCUT2D eigenvalue weighted by Gasteiger charge is 2.26. The summed E-state index contributed by atoms with van der Waals surface area (Å²) < 4.78 is 5.33. The third-order valence-electron chi connectivity index (χ3n) is 2.90. The monoisotopic (exact) mass is 235 g/mol. The molecule has 0 aromatic carbocycles. The van der Waals surface area contributed by atoms with Gasteiger partial charge in [0.2, 0.25) is 0 Å². The number of aryl methyl sites for hydroxylation is 1. The van der Waals surface area contributed by atoms with E-state index < -0.39 is 0 Å². The molecular weight excluding hydrogens is 218 g/mol. The summed E-state index contributed by atoms with van der Waals surface area (Å²) in [6.45, 7) is 3.99. The summed E-state index contributed by atoms with van der Waals surface area (Å²) in [5, 5.41) is 0. The zero-order valence-corrected chi connectivity index (χ0v) is 9.93. The van der Waals surface area contributed by atoms with Crippen molar-refractivity contribution >= 4 is 5.91 Å². The van der Waals surface area contributed by atoms with Crippen LogP contribution in [0.2, 0.25) is 0 Å². The predicted octanol–water partition coefficient (Wildman–Crippen LogP) is 0.190. The normalized spacial score (nSPS) is 20.4. The number of carbonyl (C=O) groups is 1. The van der Waals surface area contributed by atoms with Crippen LogP contribution in [-0.4, -0.2) is 48.1 Å². The Bertz CT molecular complexity index is 408. The first-order valence-electron chi connectivity index (χ1n) is 5.74. The van der Waals surface area contributed by atoms with Gasteiger partial charge in [0, 0.05) is 30.5 Å². The molecule has 0 bridgehead atoms. The molecule has 0 saturated carbocycles. The third kappa shape index (κ3) is 2.62. The molecule has 0 radical (unpaired) electrons. The maximum absolute atomic E-state index is 12.3. The number of nitrogens with zero attached hydrogens (tertiary/aromatic N) is 2. The molecule has 1 atom stereocenters. The number of amides is 1. The predicted molar refractivity (Wildman–Crippen MR) is 63.7 cm³/mol. The molecule has 5 heteroatoms. The van der Waals surface area contributed by atoms with Crippen LogP contribution in [0.25, 0.3) is 0 Å². The van der Waals surface area contributed by atoms with Crippen LogP contribution in [0.15, 0.2) is 18.3 Å². The second-order valence-corrected chi connectivity index (χ2v) is 4.15.